The van der Waals surface area contributed by atoms with E-state index in [2.05, 4.69) is 9.97 Å². The molecule has 0 atom stereocenters. The molecule has 0 unspecified atom stereocenters. The Morgan fingerprint density at radius 2 is 2.00 bits per heavy atom. The van der Waals surface area contributed by atoms with Gasteiger partial charge in [-0.15, -0.1) is 0 Å². The van der Waals surface area contributed by atoms with Crippen LogP contribution < -0.4 is 11.3 Å². The highest BCUT2D eigenvalue weighted by atomic mass is 16.4. The number of carbonyl (C=O) groups is 2. The first-order chi connectivity index (χ1) is 14.4. The van der Waals surface area contributed by atoms with E-state index in [1.807, 2.05) is 0 Å². The maximum Gasteiger partial charge on any atom is 0.353 e. The van der Waals surface area contributed by atoms with E-state index in [1.165, 1.54) is 13.1 Å². The average Bonchev–Trinajstić information content (AvgIpc) is 3.02. The van der Waals surface area contributed by atoms with Crippen LogP contribution in [0, 0.1) is 0 Å². The van der Waals surface area contributed by atoms with Gasteiger partial charge in [-0.05, 0) is 55.0 Å². The number of carboxylic acids is 1. The molecule has 8 nitrogen and oxygen atoms in total. The summed E-state index contributed by atoms with van der Waals surface area (Å²) in [5.41, 5.74) is 7.57. The molecule has 0 radical (unpaired) electrons. The fraction of sp³-hybridized carbons (Fsp3) is 0.0909. The van der Waals surface area contributed by atoms with Crippen molar-refractivity contribution in [2.75, 3.05) is 5.73 Å². The van der Waals surface area contributed by atoms with E-state index in [-0.39, 0.29) is 29.1 Å². The van der Waals surface area contributed by atoms with E-state index in [9.17, 15) is 19.5 Å². The van der Waals surface area contributed by atoms with E-state index in [0.717, 1.165) is 5.56 Å². The monoisotopic (exact) mass is 402 g/mol. The zero-order valence-corrected chi connectivity index (χ0v) is 16.0. The number of H-pyrrole nitrogens is 1. The number of aromatic amines is 1. The highest BCUT2D eigenvalue weighted by molar-refractivity contribution is 6.10. The van der Waals surface area contributed by atoms with Crippen LogP contribution in [-0.2, 0) is 6.54 Å². The van der Waals surface area contributed by atoms with Crippen molar-refractivity contribution in [2.24, 2.45) is 0 Å². The molecule has 0 fully saturated rings. The van der Waals surface area contributed by atoms with Crippen LogP contribution in [0.4, 0.5) is 5.82 Å². The number of ketones is 1. The highest BCUT2D eigenvalue weighted by Gasteiger charge is 2.25. The molecule has 1 aromatic carbocycles. The maximum absolute atomic E-state index is 12.5. The molecule has 0 aliphatic rings. The second-order valence-corrected chi connectivity index (χ2v) is 6.90. The summed E-state index contributed by atoms with van der Waals surface area (Å²) < 4.78 is 1.61. The van der Waals surface area contributed by atoms with Crippen molar-refractivity contribution in [1.29, 1.82) is 0 Å². The molecule has 4 aromatic rings. The van der Waals surface area contributed by atoms with Crippen LogP contribution >= 0.6 is 0 Å². The molecule has 0 aliphatic heterocycles. The molecule has 0 saturated heterocycles. The first-order valence-electron chi connectivity index (χ1n) is 9.15. The van der Waals surface area contributed by atoms with Crippen molar-refractivity contribution < 1.29 is 14.7 Å². The second-order valence-electron chi connectivity index (χ2n) is 6.90. The zero-order chi connectivity index (χ0) is 21.4. The number of Topliss-reactive ketones (excluding diaryl/α,β-unsaturated/α-hetero) is 1. The van der Waals surface area contributed by atoms with Gasteiger partial charge in [0, 0.05) is 46.5 Å². The number of rotatable bonds is 5. The molecular weight excluding hydrogens is 384 g/mol. The third kappa shape index (κ3) is 3.24. The Labute approximate surface area is 170 Å². The summed E-state index contributed by atoms with van der Waals surface area (Å²) in [5.74, 6) is -1.02. The number of fused-ring (bicyclic) bond motifs is 1. The van der Waals surface area contributed by atoms with Gasteiger partial charge in [0.15, 0.2) is 5.78 Å². The number of anilines is 1. The van der Waals surface area contributed by atoms with E-state index < -0.39 is 11.5 Å². The Balaban J connectivity index is 2.09. The molecule has 0 spiro atoms. The average molecular weight is 402 g/mol. The summed E-state index contributed by atoms with van der Waals surface area (Å²) in [5, 5.41) is 10.6. The van der Waals surface area contributed by atoms with Gasteiger partial charge >= 0.3 is 5.97 Å². The van der Waals surface area contributed by atoms with Gasteiger partial charge in [-0.3, -0.25) is 9.59 Å². The standard InChI is InChI=1S/C22H18N4O4/c1-12(27)14-4-5-17-16(10-14)19(15-3-2-7-25-21(15)28)20(22(29)30)26(17)11-13-6-8-24-18(23)9-13/h2-10H,11H2,1H3,(H2,23,24)(H,25,28)(H,29,30). The Kier molecular flexibility index (Phi) is 4.67. The zero-order valence-electron chi connectivity index (χ0n) is 16.0. The summed E-state index contributed by atoms with van der Waals surface area (Å²) in [6.07, 6.45) is 3.03. The van der Waals surface area contributed by atoms with Crippen LogP contribution in [-0.4, -0.2) is 31.4 Å². The molecule has 0 bridgehead atoms. The molecule has 0 saturated carbocycles. The van der Waals surface area contributed by atoms with Crippen LogP contribution in [0.25, 0.3) is 22.0 Å². The van der Waals surface area contributed by atoms with Gasteiger partial charge in [-0.2, -0.15) is 0 Å². The first-order valence-corrected chi connectivity index (χ1v) is 9.15. The van der Waals surface area contributed by atoms with Gasteiger partial charge < -0.3 is 20.4 Å². The summed E-state index contributed by atoms with van der Waals surface area (Å²) >= 11 is 0. The molecule has 0 aliphatic carbocycles. The van der Waals surface area contributed by atoms with Gasteiger partial charge in [0.1, 0.15) is 11.5 Å². The van der Waals surface area contributed by atoms with Crippen LogP contribution in [0.1, 0.15) is 33.3 Å². The number of hydrogen-bond donors (Lipinski definition) is 3. The molecule has 150 valence electrons. The van der Waals surface area contributed by atoms with Crippen LogP contribution in [0.5, 0.6) is 0 Å². The molecule has 8 heteroatoms. The van der Waals surface area contributed by atoms with Crippen LogP contribution in [0.2, 0.25) is 0 Å². The van der Waals surface area contributed by atoms with Crippen molar-refractivity contribution in [3.63, 3.8) is 0 Å². The van der Waals surface area contributed by atoms with Crippen molar-refractivity contribution >= 4 is 28.5 Å². The van der Waals surface area contributed by atoms with Crippen LogP contribution in [0.15, 0.2) is 59.7 Å². The minimum Gasteiger partial charge on any atom is -0.477 e. The number of carbonyl (C=O) groups excluding carboxylic acids is 1. The lowest BCUT2D eigenvalue weighted by Crippen LogP contribution is -2.13. The van der Waals surface area contributed by atoms with E-state index in [1.54, 1.807) is 53.2 Å². The van der Waals surface area contributed by atoms with Crippen molar-refractivity contribution in [1.82, 2.24) is 14.5 Å². The molecule has 4 N–H and O–H groups in total. The Morgan fingerprint density at radius 3 is 2.67 bits per heavy atom. The minimum absolute atomic E-state index is 0.0437. The quantitative estimate of drug-likeness (QED) is 0.440. The molecule has 0 amide bonds. The summed E-state index contributed by atoms with van der Waals surface area (Å²) in [6, 6.07) is 11.6. The molecular formula is C22H18N4O4. The molecule has 30 heavy (non-hydrogen) atoms. The SMILES string of the molecule is CC(=O)c1ccc2c(c1)c(-c1ccc[nH]c1=O)c(C(=O)O)n2Cc1ccnc(N)c1. The smallest absolute Gasteiger partial charge is 0.353 e. The summed E-state index contributed by atoms with van der Waals surface area (Å²) in [6.45, 7) is 1.64. The maximum atomic E-state index is 12.5. The number of nitrogen functional groups attached to an aromatic ring is 1. The molecule has 4 rings (SSSR count). The highest BCUT2D eigenvalue weighted by Crippen LogP contribution is 2.35. The Morgan fingerprint density at radius 1 is 1.20 bits per heavy atom. The third-order valence-corrected chi connectivity index (χ3v) is 4.95. The van der Waals surface area contributed by atoms with E-state index >= 15 is 0 Å². The fourth-order valence-electron chi connectivity index (χ4n) is 3.63. The first kappa shape index (κ1) is 19.1. The lowest BCUT2D eigenvalue weighted by molar-refractivity contribution is 0.0687. The van der Waals surface area contributed by atoms with Crippen molar-refractivity contribution in [3.05, 3.63) is 82.0 Å². The number of nitrogens with one attached hydrogen (secondary N) is 1. The number of benzene rings is 1. The topological polar surface area (TPSA) is 131 Å². The Hall–Kier alpha value is -4.20. The predicted molar refractivity (Wildman–Crippen MR) is 113 cm³/mol. The van der Waals surface area contributed by atoms with Crippen molar-refractivity contribution in [3.8, 4) is 11.1 Å². The van der Waals surface area contributed by atoms with E-state index in [4.69, 9.17) is 5.73 Å². The number of nitrogens with zero attached hydrogens (tertiary/aromatic N) is 2. The number of hydrogen-bond acceptors (Lipinski definition) is 5. The molecule has 3 aromatic heterocycles. The van der Waals surface area contributed by atoms with Gasteiger partial charge in [-0.25, -0.2) is 9.78 Å². The van der Waals surface area contributed by atoms with Crippen LogP contribution in [0.3, 0.4) is 0 Å². The van der Waals surface area contributed by atoms with E-state index in [0.29, 0.717) is 22.3 Å². The number of nitrogens with two attached hydrogens (primary N) is 1. The number of carboxylic acid groups (broad SMARTS) is 1. The lowest BCUT2D eigenvalue weighted by Gasteiger charge is -2.10. The Bertz CT molecular complexity index is 1370. The number of pyridine rings is 2. The van der Waals surface area contributed by atoms with Gasteiger partial charge in [0.25, 0.3) is 5.56 Å². The van der Waals surface area contributed by atoms with Gasteiger partial charge in [0.05, 0.1) is 0 Å². The van der Waals surface area contributed by atoms with Crippen molar-refractivity contribution in [2.45, 2.75) is 13.5 Å². The largest absolute Gasteiger partial charge is 0.477 e. The second kappa shape index (κ2) is 7.32. The number of aromatic nitrogens is 3. The normalized spacial score (nSPS) is 11.0. The number of aromatic carboxylic acids is 1. The minimum atomic E-state index is -1.18. The fourth-order valence-corrected chi connectivity index (χ4v) is 3.63. The van der Waals surface area contributed by atoms with Gasteiger partial charge in [-0.1, -0.05) is 0 Å². The van der Waals surface area contributed by atoms with Gasteiger partial charge in [0.2, 0.25) is 0 Å². The lowest BCUT2D eigenvalue weighted by atomic mass is 10.0. The predicted octanol–water partition coefficient (Wildman–Crippen LogP) is 2.92. The molecule has 3 heterocycles. The summed E-state index contributed by atoms with van der Waals surface area (Å²) in [7, 11) is 0. The third-order valence-electron chi connectivity index (χ3n) is 4.95. The summed E-state index contributed by atoms with van der Waals surface area (Å²) in [4.78, 5) is 43.4.